The molecule has 0 spiro atoms. The molecule has 0 aliphatic carbocycles. The van der Waals surface area contributed by atoms with E-state index in [9.17, 15) is 19.0 Å². The van der Waals surface area contributed by atoms with Crippen molar-refractivity contribution in [2.24, 2.45) is 5.73 Å². The molecule has 0 saturated heterocycles. The van der Waals surface area contributed by atoms with Gasteiger partial charge in [-0.2, -0.15) is 0 Å². The van der Waals surface area contributed by atoms with Crippen molar-refractivity contribution in [1.82, 2.24) is 0 Å². The van der Waals surface area contributed by atoms with Crippen molar-refractivity contribution in [3.8, 4) is 0 Å². The van der Waals surface area contributed by atoms with Crippen molar-refractivity contribution < 1.29 is 37.6 Å². The van der Waals surface area contributed by atoms with Crippen LogP contribution >= 0.6 is 7.82 Å². The number of hydrogen-bond acceptors (Lipinski definition) is 8. The molecule has 0 aliphatic rings. The van der Waals surface area contributed by atoms with Gasteiger partial charge in [0.25, 0.3) is 0 Å². The lowest BCUT2D eigenvalue weighted by Crippen LogP contribution is -2.29. The summed E-state index contributed by atoms with van der Waals surface area (Å²) in [6, 6.07) is 0. The maximum absolute atomic E-state index is 12.5. The minimum Gasteiger partial charge on any atom is -0.462 e. The van der Waals surface area contributed by atoms with E-state index in [2.05, 4.69) is 123 Å². The van der Waals surface area contributed by atoms with E-state index >= 15 is 0 Å². The number of allylic oxidation sites excluding steroid dienone is 20. The van der Waals surface area contributed by atoms with Crippen LogP contribution in [0.3, 0.4) is 0 Å². The number of rotatable bonds is 37. The van der Waals surface area contributed by atoms with Gasteiger partial charge < -0.3 is 20.1 Å². The van der Waals surface area contributed by atoms with Crippen LogP contribution < -0.4 is 5.73 Å². The van der Waals surface area contributed by atoms with Crippen LogP contribution in [0.15, 0.2) is 122 Å². The number of hydrogen-bond donors (Lipinski definition) is 2. The van der Waals surface area contributed by atoms with Gasteiger partial charge in [-0.05, 0) is 89.9 Å². The second-order valence-electron chi connectivity index (χ2n) is 13.1. The van der Waals surface area contributed by atoms with Gasteiger partial charge in [-0.3, -0.25) is 18.6 Å². The fraction of sp³-hybridized carbons (Fsp3) is 0.532. The maximum atomic E-state index is 12.5. The summed E-state index contributed by atoms with van der Waals surface area (Å²) in [6.07, 6.45) is 56.7. The molecule has 0 aromatic heterocycles. The van der Waals surface area contributed by atoms with Gasteiger partial charge in [0.2, 0.25) is 0 Å². The molecule has 0 amide bonds. The molecule has 3 N–H and O–H groups in total. The zero-order valence-corrected chi connectivity index (χ0v) is 35.9. The highest BCUT2D eigenvalue weighted by atomic mass is 31.2. The highest BCUT2D eigenvalue weighted by Crippen LogP contribution is 2.43. The maximum Gasteiger partial charge on any atom is 0.472 e. The van der Waals surface area contributed by atoms with E-state index in [1.165, 1.54) is 6.42 Å². The largest absolute Gasteiger partial charge is 0.472 e. The number of carbonyl (C=O) groups is 2. The highest BCUT2D eigenvalue weighted by molar-refractivity contribution is 7.47. The van der Waals surface area contributed by atoms with Gasteiger partial charge in [0.05, 0.1) is 13.2 Å². The zero-order chi connectivity index (χ0) is 41.8. The van der Waals surface area contributed by atoms with Crippen molar-refractivity contribution in [2.45, 2.75) is 136 Å². The van der Waals surface area contributed by atoms with Crippen LogP contribution in [0.5, 0.6) is 0 Å². The molecule has 0 bridgehead atoms. The standard InChI is InChI=1S/C47H74NO8P/c1-3-5-7-9-11-13-15-17-19-21-22-24-26-28-30-32-34-36-38-40-47(50)56-45(44-55-57(51,52)54-42-41-48)43-53-46(49)39-37-35-33-31-29-27-25-23-20-18-16-14-12-10-8-6-4-2/h5,7-8,10-11,13-14,16-17,19-20,22-24,27-30,34,36,45H,3-4,6,9,12,15,18,21,25-26,31-33,35,37-44,48H2,1-2H3,(H,51,52)/b7-5+,10-8+,13-11+,16-14+,19-17+,23-20+,24-22+,29-27+,30-28+,36-34+/t45-/m1/s1. The van der Waals surface area contributed by atoms with Crippen LogP contribution in [0.25, 0.3) is 0 Å². The summed E-state index contributed by atoms with van der Waals surface area (Å²) < 4.78 is 32.6. The van der Waals surface area contributed by atoms with E-state index in [-0.39, 0.29) is 32.6 Å². The molecular weight excluding hydrogens is 737 g/mol. The summed E-state index contributed by atoms with van der Waals surface area (Å²) in [5.41, 5.74) is 5.34. The Bertz CT molecular complexity index is 1340. The van der Waals surface area contributed by atoms with Crippen LogP contribution in [0.4, 0.5) is 0 Å². The fourth-order valence-electron chi connectivity index (χ4n) is 4.77. The molecule has 320 valence electrons. The van der Waals surface area contributed by atoms with E-state index in [0.717, 1.165) is 83.5 Å². The fourth-order valence-corrected chi connectivity index (χ4v) is 5.53. The smallest absolute Gasteiger partial charge is 0.462 e. The number of ether oxygens (including phenoxy) is 2. The second kappa shape index (κ2) is 42.0. The number of carbonyl (C=O) groups excluding carboxylic acids is 2. The average Bonchev–Trinajstić information content (AvgIpc) is 3.20. The molecule has 0 aromatic carbocycles. The number of esters is 2. The van der Waals surface area contributed by atoms with Gasteiger partial charge in [-0.15, -0.1) is 0 Å². The van der Waals surface area contributed by atoms with Crippen LogP contribution in [-0.4, -0.2) is 49.3 Å². The lowest BCUT2D eigenvalue weighted by Gasteiger charge is -2.19. The van der Waals surface area contributed by atoms with Crippen LogP contribution in [0.2, 0.25) is 0 Å². The molecular formula is C47H74NO8P. The minimum atomic E-state index is -4.41. The van der Waals surface area contributed by atoms with Crippen LogP contribution in [0.1, 0.15) is 129 Å². The number of phosphoric acid groups is 1. The summed E-state index contributed by atoms with van der Waals surface area (Å²) in [6.45, 7) is 3.39. The third-order valence-electron chi connectivity index (χ3n) is 7.83. The normalized spacial score (nSPS) is 14.5. The van der Waals surface area contributed by atoms with E-state index in [1.807, 2.05) is 12.2 Å². The molecule has 0 aliphatic heterocycles. The number of phosphoric ester groups is 1. The SMILES string of the molecule is CC/C=C/C/C=C/C/C=C/C/C=C/C/C=C/C/C=C/CCC(=O)O[C@H](COC(=O)CCCCC/C=C/C/C=C/C/C=C/C/C=C/CCC)COP(=O)(O)OCCN. The second-order valence-corrected chi connectivity index (χ2v) is 14.6. The Morgan fingerprint density at radius 1 is 0.544 bits per heavy atom. The summed E-state index contributed by atoms with van der Waals surface area (Å²) in [5, 5.41) is 0. The zero-order valence-electron chi connectivity index (χ0n) is 35.0. The first-order valence-electron chi connectivity index (χ1n) is 21.0. The number of nitrogens with two attached hydrogens (primary N) is 1. The summed E-state index contributed by atoms with van der Waals surface area (Å²) in [4.78, 5) is 34.8. The molecule has 0 fully saturated rings. The summed E-state index contributed by atoms with van der Waals surface area (Å²) >= 11 is 0. The first-order chi connectivity index (χ1) is 27.8. The van der Waals surface area contributed by atoms with Gasteiger partial charge in [0, 0.05) is 19.4 Å². The Balaban J connectivity index is 4.40. The molecule has 0 saturated carbocycles. The van der Waals surface area contributed by atoms with Gasteiger partial charge in [-0.25, -0.2) is 4.57 Å². The lowest BCUT2D eigenvalue weighted by atomic mass is 10.1. The van der Waals surface area contributed by atoms with E-state index in [0.29, 0.717) is 12.8 Å². The third-order valence-corrected chi connectivity index (χ3v) is 8.81. The average molecular weight is 812 g/mol. The molecule has 0 radical (unpaired) electrons. The van der Waals surface area contributed by atoms with Crippen molar-refractivity contribution in [3.05, 3.63) is 122 Å². The Morgan fingerprint density at radius 2 is 1.00 bits per heavy atom. The van der Waals surface area contributed by atoms with Crippen LogP contribution in [-0.2, 0) is 32.7 Å². The minimum absolute atomic E-state index is 0.0298. The lowest BCUT2D eigenvalue weighted by molar-refractivity contribution is -0.161. The van der Waals surface area contributed by atoms with E-state index < -0.39 is 32.5 Å². The van der Waals surface area contributed by atoms with Crippen LogP contribution in [0, 0.1) is 0 Å². The molecule has 10 heteroatoms. The molecule has 0 heterocycles. The molecule has 0 rings (SSSR count). The highest BCUT2D eigenvalue weighted by Gasteiger charge is 2.25. The third kappa shape index (κ3) is 41.9. The molecule has 2 atom stereocenters. The molecule has 57 heavy (non-hydrogen) atoms. The van der Waals surface area contributed by atoms with Gasteiger partial charge in [0.15, 0.2) is 6.10 Å². The van der Waals surface area contributed by atoms with Crippen molar-refractivity contribution in [2.75, 3.05) is 26.4 Å². The Hall–Kier alpha value is -3.59. The quantitative estimate of drug-likeness (QED) is 0.0272. The van der Waals surface area contributed by atoms with Crippen molar-refractivity contribution in [3.63, 3.8) is 0 Å². The van der Waals surface area contributed by atoms with Crippen molar-refractivity contribution in [1.29, 1.82) is 0 Å². The van der Waals surface area contributed by atoms with Gasteiger partial charge in [0.1, 0.15) is 6.61 Å². The Labute approximate surface area is 345 Å². The first kappa shape index (κ1) is 53.4. The molecule has 0 aromatic rings. The monoisotopic (exact) mass is 812 g/mol. The Morgan fingerprint density at radius 3 is 1.47 bits per heavy atom. The summed E-state index contributed by atoms with van der Waals surface area (Å²) in [7, 11) is -4.41. The number of unbranched alkanes of at least 4 members (excludes halogenated alkanes) is 4. The van der Waals surface area contributed by atoms with E-state index in [1.54, 1.807) is 0 Å². The topological polar surface area (TPSA) is 134 Å². The van der Waals surface area contributed by atoms with Gasteiger partial charge in [-0.1, -0.05) is 148 Å². The van der Waals surface area contributed by atoms with E-state index in [4.69, 9.17) is 24.3 Å². The summed E-state index contributed by atoms with van der Waals surface area (Å²) in [5.74, 6) is -0.978. The first-order valence-corrected chi connectivity index (χ1v) is 22.5. The van der Waals surface area contributed by atoms with Crippen molar-refractivity contribution >= 4 is 19.8 Å². The van der Waals surface area contributed by atoms with Gasteiger partial charge >= 0.3 is 19.8 Å². The predicted octanol–water partition coefficient (Wildman–Crippen LogP) is 12.2. The predicted molar refractivity (Wildman–Crippen MR) is 237 cm³/mol. The Kier molecular flexibility index (Phi) is 39.4. The molecule has 9 nitrogen and oxygen atoms in total. The molecule has 1 unspecified atom stereocenters.